The molecule has 0 bridgehead atoms. The third-order valence-electron chi connectivity index (χ3n) is 1.44. The lowest BCUT2D eigenvalue weighted by molar-refractivity contribution is -0.387. The van der Waals surface area contributed by atoms with Crippen LogP contribution >= 0.6 is 0 Å². The Morgan fingerprint density at radius 3 is 2.79 bits per heavy atom. The van der Waals surface area contributed by atoms with Crippen molar-refractivity contribution in [3.05, 3.63) is 39.7 Å². The van der Waals surface area contributed by atoms with E-state index in [2.05, 4.69) is 5.92 Å². The first kappa shape index (κ1) is 9.86. The number of halogens is 1. The molecule has 0 atom stereocenters. The second-order valence-corrected chi connectivity index (χ2v) is 2.28. The Bertz CT molecular complexity index is 445. The van der Waals surface area contributed by atoms with Crippen molar-refractivity contribution in [3.63, 3.8) is 0 Å². The maximum atomic E-state index is 12.9. The predicted molar refractivity (Wildman–Crippen MR) is 46.0 cm³/mol. The fourth-order valence-electron chi connectivity index (χ4n) is 0.909. The molecule has 0 fully saturated rings. The average Bonchev–Trinajstić information content (AvgIpc) is 2.14. The zero-order valence-electron chi connectivity index (χ0n) is 6.86. The van der Waals surface area contributed by atoms with Crippen molar-refractivity contribution < 1.29 is 14.1 Å². The fourth-order valence-corrected chi connectivity index (χ4v) is 0.909. The summed E-state index contributed by atoms with van der Waals surface area (Å²) in [5.41, 5.74) is -0.816. The topological polar surface area (TPSA) is 60.2 Å². The molecule has 0 radical (unpaired) electrons. The number of hydrogen-bond donors (Lipinski definition) is 0. The van der Waals surface area contributed by atoms with Gasteiger partial charge in [0.25, 0.3) is 0 Å². The van der Waals surface area contributed by atoms with Gasteiger partial charge in [-0.3, -0.25) is 14.9 Å². The van der Waals surface area contributed by atoms with E-state index in [9.17, 15) is 19.3 Å². The number of carbonyl (C=O) groups excluding carboxylic acids is 1. The quantitative estimate of drug-likeness (QED) is 0.292. The smallest absolute Gasteiger partial charge is 0.289 e. The lowest BCUT2D eigenvalue weighted by Crippen LogP contribution is -1.95. The maximum Gasteiger partial charge on any atom is 0.320 e. The maximum absolute atomic E-state index is 12.9. The van der Waals surface area contributed by atoms with Crippen LogP contribution in [0.1, 0.15) is 5.56 Å². The Hall–Kier alpha value is -2.22. The predicted octanol–water partition coefficient (Wildman–Crippen LogP) is 1.28. The van der Waals surface area contributed by atoms with E-state index in [4.69, 9.17) is 0 Å². The monoisotopic (exact) mass is 193 g/mol. The van der Waals surface area contributed by atoms with Gasteiger partial charge in [0.05, 0.1) is 4.92 Å². The first-order valence-corrected chi connectivity index (χ1v) is 3.55. The number of rotatable bonds is 1. The number of nitrogens with zero attached hydrogens (tertiary/aromatic N) is 1. The zero-order chi connectivity index (χ0) is 10.6. The SMILES string of the molecule is O=CC#Cc1cccc(F)c1[N+](=O)[O-]. The number of nitro groups is 1. The summed E-state index contributed by atoms with van der Waals surface area (Å²) in [7, 11) is 0. The molecule has 1 aromatic rings. The number of nitro benzene ring substituents is 1. The molecule has 0 saturated carbocycles. The van der Waals surface area contributed by atoms with Crippen LogP contribution in [0.15, 0.2) is 18.2 Å². The van der Waals surface area contributed by atoms with Crippen LogP contribution < -0.4 is 0 Å². The molecule has 4 nitrogen and oxygen atoms in total. The van der Waals surface area contributed by atoms with Gasteiger partial charge < -0.3 is 0 Å². The Kier molecular flexibility index (Phi) is 2.92. The van der Waals surface area contributed by atoms with E-state index in [0.717, 1.165) is 6.07 Å². The highest BCUT2D eigenvalue weighted by Gasteiger charge is 2.17. The van der Waals surface area contributed by atoms with Gasteiger partial charge in [-0.05, 0) is 18.1 Å². The molecule has 1 rings (SSSR count). The largest absolute Gasteiger partial charge is 0.320 e. The number of benzene rings is 1. The number of hydrogen-bond acceptors (Lipinski definition) is 3. The van der Waals surface area contributed by atoms with E-state index >= 15 is 0 Å². The van der Waals surface area contributed by atoms with Crippen LogP contribution in [0.25, 0.3) is 0 Å². The van der Waals surface area contributed by atoms with Crippen molar-refractivity contribution in [1.82, 2.24) is 0 Å². The molecule has 0 heterocycles. The summed E-state index contributed by atoms with van der Waals surface area (Å²) in [5, 5.41) is 10.4. The molecule has 0 N–H and O–H groups in total. The van der Waals surface area contributed by atoms with E-state index in [-0.39, 0.29) is 11.8 Å². The lowest BCUT2D eigenvalue weighted by Gasteiger charge is -1.95. The molecule has 0 aliphatic carbocycles. The van der Waals surface area contributed by atoms with Gasteiger partial charge in [-0.15, -0.1) is 0 Å². The fraction of sp³-hybridized carbons (Fsp3) is 0. The first-order valence-electron chi connectivity index (χ1n) is 3.55. The number of aldehydes is 1. The van der Waals surface area contributed by atoms with Gasteiger partial charge in [0, 0.05) is 0 Å². The highest BCUT2D eigenvalue weighted by molar-refractivity contribution is 5.74. The summed E-state index contributed by atoms with van der Waals surface area (Å²) < 4.78 is 12.9. The minimum atomic E-state index is -0.965. The molecule has 0 aromatic heterocycles. The summed E-state index contributed by atoms with van der Waals surface area (Å²) in [4.78, 5) is 19.5. The Balaban J connectivity index is 3.35. The van der Waals surface area contributed by atoms with Crippen molar-refractivity contribution in [2.45, 2.75) is 0 Å². The molecular weight excluding hydrogens is 189 g/mol. The van der Waals surface area contributed by atoms with Crippen LogP contribution in [-0.2, 0) is 4.79 Å². The standard InChI is InChI=1S/C9H4FNO3/c10-8-5-1-3-7(4-2-6-12)9(8)11(13)14/h1,3,5-6H. The van der Waals surface area contributed by atoms with Crippen LogP contribution in [0.3, 0.4) is 0 Å². The van der Waals surface area contributed by atoms with Crippen molar-refractivity contribution in [2.24, 2.45) is 0 Å². The molecular formula is C9H4FNO3. The van der Waals surface area contributed by atoms with Crippen LogP contribution in [0.2, 0.25) is 0 Å². The molecule has 0 unspecified atom stereocenters. The molecule has 0 aliphatic heterocycles. The van der Waals surface area contributed by atoms with Crippen molar-refractivity contribution in [1.29, 1.82) is 0 Å². The normalized spacial score (nSPS) is 8.64. The summed E-state index contributed by atoms with van der Waals surface area (Å²) in [6.45, 7) is 0. The summed E-state index contributed by atoms with van der Waals surface area (Å²) in [6.07, 6.45) is 0.286. The van der Waals surface area contributed by atoms with E-state index in [1.54, 1.807) is 0 Å². The van der Waals surface area contributed by atoms with Gasteiger partial charge in [-0.25, -0.2) is 0 Å². The average molecular weight is 193 g/mol. The van der Waals surface area contributed by atoms with Crippen LogP contribution in [0, 0.1) is 27.8 Å². The molecule has 0 saturated heterocycles. The van der Waals surface area contributed by atoms with Gasteiger partial charge in [0.15, 0.2) is 6.29 Å². The summed E-state index contributed by atoms with van der Waals surface area (Å²) in [6, 6.07) is 3.53. The number of carbonyl (C=O) groups is 1. The van der Waals surface area contributed by atoms with Crippen LogP contribution in [0.5, 0.6) is 0 Å². The van der Waals surface area contributed by atoms with Gasteiger partial charge in [0.2, 0.25) is 5.82 Å². The van der Waals surface area contributed by atoms with Crippen LogP contribution in [0.4, 0.5) is 10.1 Å². The molecule has 1 aromatic carbocycles. The third kappa shape index (κ3) is 1.93. The van der Waals surface area contributed by atoms with E-state index in [0.29, 0.717) is 0 Å². The van der Waals surface area contributed by atoms with E-state index < -0.39 is 16.4 Å². The van der Waals surface area contributed by atoms with Gasteiger partial charge in [0.1, 0.15) is 5.56 Å². The molecule has 0 amide bonds. The van der Waals surface area contributed by atoms with Crippen LogP contribution in [-0.4, -0.2) is 11.2 Å². The van der Waals surface area contributed by atoms with Gasteiger partial charge in [-0.2, -0.15) is 4.39 Å². The highest BCUT2D eigenvalue weighted by atomic mass is 19.1. The third-order valence-corrected chi connectivity index (χ3v) is 1.44. The summed E-state index contributed by atoms with van der Waals surface area (Å²) >= 11 is 0. The molecule has 5 heteroatoms. The van der Waals surface area contributed by atoms with E-state index in [1.165, 1.54) is 12.1 Å². The van der Waals surface area contributed by atoms with Crippen molar-refractivity contribution >= 4 is 12.0 Å². The van der Waals surface area contributed by atoms with Crippen molar-refractivity contribution in [3.8, 4) is 11.8 Å². The lowest BCUT2D eigenvalue weighted by atomic mass is 10.2. The second-order valence-electron chi connectivity index (χ2n) is 2.28. The highest BCUT2D eigenvalue weighted by Crippen LogP contribution is 2.20. The Morgan fingerprint density at radius 2 is 2.21 bits per heavy atom. The second kappa shape index (κ2) is 4.14. The van der Waals surface area contributed by atoms with Crippen molar-refractivity contribution in [2.75, 3.05) is 0 Å². The molecule has 14 heavy (non-hydrogen) atoms. The first-order chi connectivity index (χ1) is 6.66. The van der Waals surface area contributed by atoms with Gasteiger partial charge in [-0.1, -0.05) is 12.0 Å². The van der Waals surface area contributed by atoms with Gasteiger partial charge >= 0.3 is 5.69 Å². The molecule has 0 aliphatic rings. The number of para-hydroxylation sites is 1. The Labute approximate surface area is 78.5 Å². The Morgan fingerprint density at radius 1 is 1.50 bits per heavy atom. The minimum absolute atomic E-state index is 0.109. The summed E-state index contributed by atoms with van der Waals surface area (Å²) in [5.74, 6) is 3.21. The zero-order valence-corrected chi connectivity index (χ0v) is 6.86. The molecule has 0 spiro atoms. The molecule has 70 valence electrons. The van der Waals surface area contributed by atoms with E-state index in [1.807, 2.05) is 5.92 Å². The minimum Gasteiger partial charge on any atom is -0.289 e.